The smallest absolute Gasteiger partial charge is 0.253 e. The van der Waals surface area contributed by atoms with E-state index in [2.05, 4.69) is 28.7 Å². The van der Waals surface area contributed by atoms with E-state index >= 15 is 0 Å². The van der Waals surface area contributed by atoms with Gasteiger partial charge in [0.25, 0.3) is 5.91 Å². The molecule has 1 aliphatic heterocycles. The maximum Gasteiger partial charge on any atom is 0.253 e. The molecule has 1 saturated heterocycles. The number of hydrogen-bond donors (Lipinski definition) is 0. The quantitative estimate of drug-likeness (QED) is 0.370. The van der Waals surface area contributed by atoms with Gasteiger partial charge in [0.05, 0.1) is 24.0 Å². The predicted octanol–water partition coefficient (Wildman–Crippen LogP) is 4.88. The Labute approximate surface area is 211 Å². The zero-order valence-electron chi connectivity index (χ0n) is 21.3. The average molecular weight is 488 g/mol. The highest BCUT2D eigenvalue weighted by molar-refractivity contribution is 5.98. The van der Waals surface area contributed by atoms with Crippen molar-refractivity contribution in [3.63, 3.8) is 0 Å². The van der Waals surface area contributed by atoms with E-state index < -0.39 is 0 Å². The van der Waals surface area contributed by atoms with Crippen molar-refractivity contribution in [2.24, 2.45) is 0 Å². The third-order valence-electron chi connectivity index (χ3n) is 6.67. The van der Waals surface area contributed by atoms with Crippen LogP contribution in [0.5, 0.6) is 5.75 Å². The molecule has 1 aromatic carbocycles. The van der Waals surface area contributed by atoms with Gasteiger partial charge in [-0.15, -0.1) is 0 Å². The zero-order valence-corrected chi connectivity index (χ0v) is 21.3. The number of nitrogens with zero attached hydrogens (tertiary/aromatic N) is 5. The SMILES string of the molecule is CC(C)c1coc(CN2CCC(Oc3ccc(-n4ccc5cc(C(=O)N(C)C)ccc54)nc3)CC2)n1. The van der Waals surface area contributed by atoms with E-state index in [0.717, 1.165) is 66.5 Å². The molecule has 0 spiro atoms. The lowest BCUT2D eigenvalue weighted by Gasteiger charge is -2.31. The first-order valence-corrected chi connectivity index (χ1v) is 12.5. The first kappa shape index (κ1) is 24.1. The maximum atomic E-state index is 12.3. The van der Waals surface area contributed by atoms with Crippen LogP contribution in [0.15, 0.2) is 59.5 Å². The lowest BCUT2D eigenvalue weighted by molar-refractivity contribution is 0.0827. The number of pyridine rings is 1. The molecule has 8 heteroatoms. The number of carbonyl (C=O) groups is 1. The first-order valence-electron chi connectivity index (χ1n) is 12.5. The minimum atomic E-state index is -0.00647. The Bertz CT molecular complexity index is 1330. The summed E-state index contributed by atoms with van der Waals surface area (Å²) in [5.74, 6) is 2.75. The molecule has 1 amide bonds. The van der Waals surface area contributed by atoms with E-state index in [0.29, 0.717) is 11.5 Å². The van der Waals surface area contributed by atoms with Gasteiger partial charge in [0, 0.05) is 44.3 Å². The molecule has 3 aromatic heterocycles. The predicted molar refractivity (Wildman–Crippen MR) is 139 cm³/mol. The average Bonchev–Trinajstić information content (AvgIpc) is 3.52. The summed E-state index contributed by atoms with van der Waals surface area (Å²) < 4.78 is 13.9. The van der Waals surface area contributed by atoms with Gasteiger partial charge in [0.15, 0.2) is 0 Å². The van der Waals surface area contributed by atoms with Crippen LogP contribution in [0.2, 0.25) is 0 Å². The van der Waals surface area contributed by atoms with Crippen LogP contribution in [0.4, 0.5) is 0 Å². The van der Waals surface area contributed by atoms with E-state index in [4.69, 9.17) is 9.15 Å². The Kier molecular flexibility index (Phi) is 6.78. The van der Waals surface area contributed by atoms with Crippen LogP contribution in [-0.2, 0) is 6.54 Å². The summed E-state index contributed by atoms with van der Waals surface area (Å²) >= 11 is 0. The molecule has 4 heterocycles. The number of likely N-dealkylation sites (tertiary alicyclic amines) is 1. The molecule has 0 radical (unpaired) electrons. The molecule has 0 aliphatic carbocycles. The molecule has 0 unspecified atom stereocenters. The fourth-order valence-electron chi connectivity index (χ4n) is 4.55. The molecule has 36 heavy (non-hydrogen) atoms. The lowest BCUT2D eigenvalue weighted by atomic mass is 10.1. The molecule has 0 N–H and O–H groups in total. The number of amides is 1. The van der Waals surface area contributed by atoms with Crippen LogP contribution in [0.1, 0.15) is 54.5 Å². The molecule has 0 bridgehead atoms. The van der Waals surface area contributed by atoms with Gasteiger partial charge in [-0.25, -0.2) is 9.97 Å². The third-order valence-corrected chi connectivity index (χ3v) is 6.67. The van der Waals surface area contributed by atoms with Crippen LogP contribution in [0.25, 0.3) is 16.7 Å². The van der Waals surface area contributed by atoms with Crippen LogP contribution in [-0.4, -0.2) is 63.5 Å². The zero-order chi connectivity index (χ0) is 25.2. The summed E-state index contributed by atoms with van der Waals surface area (Å²) in [7, 11) is 3.52. The van der Waals surface area contributed by atoms with Crippen LogP contribution >= 0.6 is 0 Å². The van der Waals surface area contributed by atoms with E-state index in [-0.39, 0.29) is 12.0 Å². The highest BCUT2D eigenvalue weighted by Crippen LogP contribution is 2.24. The molecular weight excluding hydrogens is 454 g/mol. The standard InChI is InChI=1S/C28H33N5O3/c1-19(2)24-18-35-27(30-24)17-32-12-10-22(11-13-32)36-23-6-8-26(29-16-23)33-14-9-20-15-21(5-7-25(20)33)28(34)31(3)4/h5-9,14-16,18-19,22H,10-13,17H2,1-4H3. The van der Waals surface area contributed by atoms with Gasteiger partial charge >= 0.3 is 0 Å². The Balaban J connectivity index is 1.18. The Morgan fingerprint density at radius 2 is 1.97 bits per heavy atom. The number of piperidine rings is 1. The number of benzene rings is 1. The second-order valence-corrected chi connectivity index (χ2v) is 9.93. The monoisotopic (exact) mass is 487 g/mol. The Morgan fingerprint density at radius 3 is 2.64 bits per heavy atom. The van der Waals surface area contributed by atoms with Gasteiger partial charge in [-0.05, 0) is 55.2 Å². The maximum absolute atomic E-state index is 12.3. The largest absolute Gasteiger partial charge is 0.489 e. The number of ether oxygens (including phenoxy) is 1. The van der Waals surface area contributed by atoms with Crippen LogP contribution < -0.4 is 4.74 Å². The summed E-state index contributed by atoms with van der Waals surface area (Å²) in [6, 6.07) is 11.7. The molecule has 1 fully saturated rings. The number of carbonyl (C=O) groups excluding carboxylic acids is 1. The van der Waals surface area contributed by atoms with E-state index in [1.807, 2.05) is 47.2 Å². The topological polar surface area (TPSA) is 76.6 Å². The fraction of sp³-hybridized carbons (Fsp3) is 0.393. The molecule has 1 aliphatic rings. The summed E-state index contributed by atoms with van der Waals surface area (Å²) in [6.07, 6.45) is 7.62. The number of rotatable bonds is 7. The molecule has 4 aromatic rings. The second kappa shape index (κ2) is 10.1. The van der Waals surface area contributed by atoms with Crippen LogP contribution in [0.3, 0.4) is 0 Å². The number of aromatic nitrogens is 3. The van der Waals surface area contributed by atoms with Gasteiger partial charge in [-0.2, -0.15) is 0 Å². The van der Waals surface area contributed by atoms with E-state index in [1.54, 1.807) is 31.5 Å². The van der Waals surface area contributed by atoms with Crippen molar-refractivity contribution in [2.75, 3.05) is 27.2 Å². The van der Waals surface area contributed by atoms with Crippen molar-refractivity contribution < 1.29 is 13.9 Å². The third kappa shape index (κ3) is 5.14. The van der Waals surface area contributed by atoms with Crippen molar-refractivity contribution in [2.45, 2.75) is 45.3 Å². The van der Waals surface area contributed by atoms with Crippen molar-refractivity contribution in [3.05, 3.63) is 72.2 Å². The van der Waals surface area contributed by atoms with Crippen molar-refractivity contribution in [1.29, 1.82) is 0 Å². The fourth-order valence-corrected chi connectivity index (χ4v) is 4.55. The van der Waals surface area contributed by atoms with Gasteiger partial charge in [-0.3, -0.25) is 9.69 Å². The summed E-state index contributed by atoms with van der Waals surface area (Å²) in [5, 5.41) is 1.00. The summed E-state index contributed by atoms with van der Waals surface area (Å²) in [5.41, 5.74) is 2.69. The van der Waals surface area contributed by atoms with Crippen molar-refractivity contribution >= 4 is 16.8 Å². The summed E-state index contributed by atoms with van der Waals surface area (Å²) in [4.78, 5) is 25.5. The molecule has 8 nitrogen and oxygen atoms in total. The molecule has 5 rings (SSSR count). The summed E-state index contributed by atoms with van der Waals surface area (Å²) in [6.45, 7) is 6.88. The van der Waals surface area contributed by atoms with Gasteiger partial charge in [0.1, 0.15) is 23.9 Å². The van der Waals surface area contributed by atoms with Crippen molar-refractivity contribution in [1.82, 2.24) is 24.3 Å². The van der Waals surface area contributed by atoms with Crippen LogP contribution in [0, 0.1) is 0 Å². The molecule has 188 valence electrons. The van der Waals surface area contributed by atoms with Crippen molar-refractivity contribution in [3.8, 4) is 11.6 Å². The number of hydrogen-bond acceptors (Lipinski definition) is 6. The molecular formula is C28H33N5O3. The minimum absolute atomic E-state index is 0.00647. The Morgan fingerprint density at radius 1 is 1.17 bits per heavy atom. The first-order chi connectivity index (χ1) is 17.4. The molecule has 0 atom stereocenters. The number of fused-ring (bicyclic) bond motifs is 1. The van der Waals surface area contributed by atoms with E-state index in [9.17, 15) is 4.79 Å². The Hall–Kier alpha value is -3.65. The van der Waals surface area contributed by atoms with Gasteiger partial charge in [-0.1, -0.05) is 13.8 Å². The molecule has 0 saturated carbocycles. The highest BCUT2D eigenvalue weighted by atomic mass is 16.5. The van der Waals surface area contributed by atoms with Gasteiger partial charge in [0.2, 0.25) is 5.89 Å². The van der Waals surface area contributed by atoms with Gasteiger partial charge < -0.3 is 18.6 Å². The minimum Gasteiger partial charge on any atom is -0.489 e. The lowest BCUT2D eigenvalue weighted by Crippen LogP contribution is -2.37. The highest BCUT2D eigenvalue weighted by Gasteiger charge is 2.22. The number of oxazole rings is 1. The van der Waals surface area contributed by atoms with E-state index in [1.165, 1.54) is 0 Å². The normalized spacial score (nSPS) is 15.0. The second-order valence-electron chi connectivity index (χ2n) is 9.93.